The molecular weight excluding hydrogens is 291 g/mol. The average molecular weight is 308 g/mol. The molecule has 0 aliphatic carbocycles. The summed E-state index contributed by atoms with van der Waals surface area (Å²) in [6.45, 7) is 2.56. The van der Waals surface area contributed by atoms with Gasteiger partial charge in [-0.1, -0.05) is 0 Å². The van der Waals surface area contributed by atoms with Gasteiger partial charge in [0.25, 0.3) is 0 Å². The van der Waals surface area contributed by atoms with Crippen molar-refractivity contribution in [3.8, 4) is 0 Å². The number of piperidine rings is 1. The summed E-state index contributed by atoms with van der Waals surface area (Å²) in [5.41, 5.74) is 5.03. The normalized spacial score (nSPS) is 21.6. The molecule has 1 aliphatic heterocycles. The lowest BCUT2D eigenvalue weighted by Crippen LogP contribution is -2.42. The molecule has 0 saturated carbocycles. The molecule has 2 rings (SSSR count). The van der Waals surface area contributed by atoms with Crippen LogP contribution in [0.3, 0.4) is 0 Å². The van der Waals surface area contributed by atoms with Crippen LogP contribution in [-0.4, -0.2) is 24.0 Å². The Morgan fingerprint density at radius 2 is 1.57 bits per heavy atom. The second-order valence-corrected chi connectivity index (χ2v) is 5.55. The Morgan fingerprint density at radius 3 is 2.10 bits per heavy atom. The van der Waals surface area contributed by atoms with Crippen LogP contribution >= 0.6 is 0 Å². The molecule has 0 aromatic heterocycles. The summed E-state index contributed by atoms with van der Waals surface area (Å²) in [6, 6.07) is -0.0795. The number of nitrogens with two attached hydrogens (primary N) is 1. The first kappa shape index (κ1) is 16.2. The third kappa shape index (κ3) is 3.18. The van der Waals surface area contributed by atoms with Crippen molar-refractivity contribution < 1.29 is 22.0 Å². The van der Waals surface area contributed by atoms with Gasteiger partial charge >= 0.3 is 0 Å². The number of hydrogen-bond donors (Lipinski definition) is 1. The zero-order valence-corrected chi connectivity index (χ0v) is 11.6. The summed E-state index contributed by atoms with van der Waals surface area (Å²) < 4.78 is 66.6. The Hall–Kier alpha value is -1.21. The molecule has 1 fully saturated rings. The zero-order chi connectivity index (χ0) is 15.7. The highest BCUT2D eigenvalue weighted by Gasteiger charge is 2.29. The predicted molar refractivity (Wildman–Crippen MR) is 67.9 cm³/mol. The second kappa shape index (κ2) is 6.27. The van der Waals surface area contributed by atoms with Crippen molar-refractivity contribution in [2.75, 3.05) is 13.1 Å². The first-order chi connectivity index (χ1) is 9.82. The van der Waals surface area contributed by atoms with Gasteiger partial charge in [0, 0.05) is 24.7 Å². The van der Waals surface area contributed by atoms with Crippen molar-refractivity contribution in [2.24, 2.45) is 11.7 Å². The molecule has 1 aromatic rings. The van der Waals surface area contributed by atoms with Gasteiger partial charge < -0.3 is 5.73 Å². The van der Waals surface area contributed by atoms with Crippen LogP contribution in [0.15, 0.2) is 0 Å². The van der Waals surface area contributed by atoms with Crippen LogP contribution in [0.1, 0.15) is 25.3 Å². The fraction of sp³-hybridized carbons (Fsp3) is 0.571. The molecule has 0 bridgehead atoms. The van der Waals surface area contributed by atoms with Gasteiger partial charge in [0.2, 0.25) is 5.82 Å². The maximum atomic E-state index is 13.6. The van der Waals surface area contributed by atoms with Gasteiger partial charge in [0.1, 0.15) is 0 Å². The topological polar surface area (TPSA) is 29.3 Å². The lowest BCUT2D eigenvalue weighted by molar-refractivity contribution is 0.150. The van der Waals surface area contributed by atoms with Crippen LogP contribution in [-0.2, 0) is 6.54 Å². The smallest absolute Gasteiger partial charge is 0.200 e. The Balaban J connectivity index is 2.24. The highest BCUT2D eigenvalue weighted by molar-refractivity contribution is 5.24. The minimum Gasteiger partial charge on any atom is -0.328 e. The quantitative estimate of drug-likeness (QED) is 0.528. The average Bonchev–Trinajstić information content (AvgIpc) is 2.48. The number of halogens is 5. The van der Waals surface area contributed by atoms with Crippen LogP contribution in [0.5, 0.6) is 0 Å². The molecule has 2 N–H and O–H groups in total. The van der Waals surface area contributed by atoms with Crippen molar-refractivity contribution in [2.45, 2.75) is 32.4 Å². The SMILES string of the molecule is CC(N)C1CCCN(Cc2c(F)c(F)c(F)c(F)c2F)C1. The molecule has 0 amide bonds. The van der Waals surface area contributed by atoms with E-state index < -0.39 is 34.6 Å². The van der Waals surface area contributed by atoms with Crippen LogP contribution in [0.25, 0.3) is 0 Å². The summed E-state index contributed by atoms with van der Waals surface area (Å²) in [4.78, 5) is 1.68. The van der Waals surface area contributed by atoms with E-state index in [4.69, 9.17) is 5.73 Å². The van der Waals surface area contributed by atoms with Crippen molar-refractivity contribution >= 4 is 0 Å². The summed E-state index contributed by atoms with van der Waals surface area (Å²) in [5.74, 6) is -9.28. The van der Waals surface area contributed by atoms with Gasteiger partial charge in [-0.15, -0.1) is 0 Å². The van der Waals surface area contributed by atoms with Gasteiger partial charge in [0.05, 0.1) is 0 Å². The van der Waals surface area contributed by atoms with Gasteiger partial charge in [-0.05, 0) is 32.2 Å². The standard InChI is InChI=1S/C14H17F5N2/c1-7(20)8-3-2-4-21(5-8)6-9-10(15)12(17)14(19)13(18)11(9)16/h7-8H,2-6,20H2,1H3. The first-order valence-electron chi connectivity index (χ1n) is 6.81. The number of benzene rings is 1. The minimum absolute atomic E-state index is 0.0795. The van der Waals surface area contributed by atoms with Gasteiger partial charge in [-0.25, -0.2) is 22.0 Å². The van der Waals surface area contributed by atoms with E-state index in [0.717, 1.165) is 12.8 Å². The molecule has 0 radical (unpaired) electrons. The molecule has 21 heavy (non-hydrogen) atoms. The Kier molecular flexibility index (Phi) is 4.83. The van der Waals surface area contributed by atoms with E-state index >= 15 is 0 Å². The maximum Gasteiger partial charge on any atom is 0.200 e. The fourth-order valence-electron chi connectivity index (χ4n) is 2.68. The van der Waals surface area contributed by atoms with E-state index in [1.165, 1.54) is 0 Å². The van der Waals surface area contributed by atoms with Crippen LogP contribution in [0.4, 0.5) is 22.0 Å². The van der Waals surface area contributed by atoms with Crippen molar-refractivity contribution in [1.29, 1.82) is 0 Å². The van der Waals surface area contributed by atoms with E-state index in [0.29, 0.717) is 13.1 Å². The Morgan fingerprint density at radius 1 is 1.05 bits per heavy atom. The molecule has 2 unspecified atom stereocenters. The molecule has 7 heteroatoms. The summed E-state index contributed by atoms with van der Waals surface area (Å²) in [5, 5.41) is 0. The first-order valence-corrected chi connectivity index (χ1v) is 6.81. The van der Waals surface area contributed by atoms with E-state index in [9.17, 15) is 22.0 Å². The third-order valence-electron chi connectivity index (χ3n) is 3.97. The van der Waals surface area contributed by atoms with E-state index in [1.807, 2.05) is 6.92 Å². The van der Waals surface area contributed by atoms with Gasteiger partial charge in [-0.2, -0.15) is 0 Å². The predicted octanol–water partition coefficient (Wildman–Crippen LogP) is 2.94. The lowest BCUT2D eigenvalue weighted by Gasteiger charge is -2.34. The molecule has 1 aromatic carbocycles. The highest BCUT2D eigenvalue weighted by atomic mass is 19.2. The third-order valence-corrected chi connectivity index (χ3v) is 3.97. The zero-order valence-electron chi connectivity index (χ0n) is 11.6. The maximum absolute atomic E-state index is 13.6. The fourth-order valence-corrected chi connectivity index (χ4v) is 2.68. The second-order valence-electron chi connectivity index (χ2n) is 5.55. The van der Waals surface area contributed by atoms with Crippen molar-refractivity contribution in [3.63, 3.8) is 0 Å². The van der Waals surface area contributed by atoms with E-state index in [-0.39, 0.29) is 18.5 Å². The van der Waals surface area contributed by atoms with Crippen LogP contribution in [0.2, 0.25) is 0 Å². The molecule has 2 atom stereocenters. The molecule has 118 valence electrons. The molecule has 1 heterocycles. The summed E-state index contributed by atoms with van der Waals surface area (Å²) in [6.07, 6.45) is 1.67. The molecule has 2 nitrogen and oxygen atoms in total. The van der Waals surface area contributed by atoms with Crippen LogP contribution < -0.4 is 5.73 Å². The number of rotatable bonds is 3. The summed E-state index contributed by atoms with van der Waals surface area (Å²) in [7, 11) is 0. The molecule has 0 spiro atoms. The summed E-state index contributed by atoms with van der Waals surface area (Å²) >= 11 is 0. The Labute approximate surface area is 119 Å². The van der Waals surface area contributed by atoms with Crippen molar-refractivity contribution in [3.05, 3.63) is 34.6 Å². The highest BCUT2D eigenvalue weighted by Crippen LogP contribution is 2.26. The van der Waals surface area contributed by atoms with Crippen LogP contribution in [0, 0.1) is 35.0 Å². The lowest BCUT2D eigenvalue weighted by atomic mass is 9.92. The van der Waals surface area contributed by atoms with Crippen molar-refractivity contribution in [1.82, 2.24) is 4.90 Å². The largest absolute Gasteiger partial charge is 0.328 e. The van der Waals surface area contributed by atoms with Gasteiger partial charge in [0.15, 0.2) is 23.3 Å². The molecular formula is C14H17F5N2. The molecule has 1 saturated heterocycles. The van der Waals surface area contributed by atoms with Gasteiger partial charge in [-0.3, -0.25) is 4.90 Å². The number of likely N-dealkylation sites (tertiary alicyclic amines) is 1. The van der Waals surface area contributed by atoms with E-state index in [1.54, 1.807) is 4.90 Å². The minimum atomic E-state index is -2.12. The Bertz CT molecular complexity index is 504. The molecule has 1 aliphatic rings. The van der Waals surface area contributed by atoms with E-state index in [2.05, 4.69) is 0 Å². The number of nitrogens with zero attached hydrogens (tertiary/aromatic N) is 1. The monoisotopic (exact) mass is 308 g/mol. The number of hydrogen-bond acceptors (Lipinski definition) is 2.